The van der Waals surface area contributed by atoms with E-state index in [-0.39, 0.29) is 6.04 Å². The van der Waals surface area contributed by atoms with E-state index in [1.807, 2.05) is 0 Å². The van der Waals surface area contributed by atoms with Gasteiger partial charge in [-0.3, -0.25) is 0 Å². The van der Waals surface area contributed by atoms with Crippen LogP contribution < -0.4 is 5.73 Å². The molecule has 4 heteroatoms. The lowest BCUT2D eigenvalue weighted by Crippen LogP contribution is -2.26. The van der Waals surface area contributed by atoms with Gasteiger partial charge in [-0.15, -0.1) is 11.8 Å². The summed E-state index contributed by atoms with van der Waals surface area (Å²) in [4.78, 5) is 0.521. The van der Waals surface area contributed by atoms with Crippen molar-refractivity contribution in [2.45, 2.75) is 36.0 Å². The highest BCUT2D eigenvalue weighted by Gasteiger charge is 2.31. The van der Waals surface area contributed by atoms with Crippen molar-refractivity contribution in [3.63, 3.8) is 0 Å². The third-order valence-corrected chi connectivity index (χ3v) is 4.77. The van der Waals surface area contributed by atoms with E-state index in [9.17, 15) is 8.78 Å². The summed E-state index contributed by atoms with van der Waals surface area (Å²) in [7, 11) is 0. The van der Waals surface area contributed by atoms with Gasteiger partial charge in [0.05, 0.1) is 0 Å². The molecular formula is C12H15F2NS. The van der Waals surface area contributed by atoms with E-state index < -0.39 is 11.6 Å². The van der Waals surface area contributed by atoms with Crippen LogP contribution in [0.25, 0.3) is 0 Å². The predicted octanol–water partition coefficient (Wildman–Crippen LogP) is 3.18. The van der Waals surface area contributed by atoms with Gasteiger partial charge >= 0.3 is 0 Å². The number of thioether (sulfide) groups is 1. The topological polar surface area (TPSA) is 26.0 Å². The number of hydrogen-bond acceptors (Lipinski definition) is 2. The van der Waals surface area contributed by atoms with Crippen LogP contribution in [0.4, 0.5) is 8.78 Å². The van der Waals surface area contributed by atoms with E-state index >= 15 is 0 Å². The Morgan fingerprint density at radius 1 is 1.31 bits per heavy atom. The van der Waals surface area contributed by atoms with Crippen molar-refractivity contribution in [2.75, 3.05) is 0 Å². The largest absolute Gasteiger partial charge is 0.327 e. The van der Waals surface area contributed by atoms with Crippen LogP contribution in [0.15, 0.2) is 23.1 Å². The van der Waals surface area contributed by atoms with Crippen molar-refractivity contribution in [2.24, 2.45) is 11.7 Å². The maximum atomic E-state index is 13.4. The molecule has 16 heavy (non-hydrogen) atoms. The van der Waals surface area contributed by atoms with Gasteiger partial charge in [-0.1, -0.05) is 6.92 Å². The molecule has 1 saturated carbocycles. The fourth-order valence-corrected chi connectivity index (χ4v) is 3.37. The van der Waals surface area contributed by atoms with E-state index in [4.69, 9.17) is 5.73 Å². The lowest BCUT2D eigenvalue weighted by Gasteiger charge is -2.17. The zero-order valence-corrected chi connectivity index (χ0v) is 9.94. The van der Waals surface area contributed by atoms with Gasteiger partial charge in [-0.05, 0) is 30.9 Å². The Kier molecular flexibility index (Phi) is 3.50. The van der Waals surface area contributed by atoms with Crippen molar-refractivity contribution in [3.05, 3.63) is 29.8 Å². The Morgan fingerprint density at radius 2 is 2.06 bits per heavy atom. The van der Waals surface area contributed by atoms with Crippen LogP contribution in [0.5, 0.6) is 0 Å². The van der Waals surface area contributed by atoms with E-state index in [1.54, 1.807) is 0 Å². The first kappa shape index (κ1) is 11.9. The molecule has 88 valence electrons. The minimum Gasteiger partial charge on any atom is -0.327 e. The van der Waals surface area contributed by atoms with Gasteiger partial charge in [0.1, 0.15) is 11.6 Å². The Hall–Kier alpha value is -0.610. The minimum absolute atomic E-state index is 0.209. The van der Waals surface area contributed by atoms with Crippen LogP contribution in [0.1, 0.15) is 19.8 Å². The smallest absolute Gasteiger partial charge is 0.139 e. The summed E-state index contributed by atoms with van der Waals surface area (Å²) in [6.45, 7) is 2.09. The van der Waals surface area contributed by atoms with Crippen LogP contribution >= 0.6 is 11.8 Å². The molecule has 0 aliphatic heterocycles. The molecule has 1 nitrogen and oxygen atoms in total. The minimum atomic E-state index is -0.530. The molecule has 1 aliphatic carbocycles. The Bertz CT molecular complexity index is 383. The molecule has 1 aliphatic rings. The lowest BCUT2D eigenvalue weighted by molar-refractivity contribution is 0.533. The molecule has 2 rings (SSSR count). The Balaban J connectivity index is 2.09. The number of hydrogen-bond donors (Lipinski definition) is 1. The number of rotatable bonds is 2. The maximum absolute atomic E-state index is 13.4. The lowest BCUT2D eigenvalue weighted by atomic mass is 10.1. The molecular weight excluding hydrogens is 228 g/mol. The third-order valence-electron chi connectivity index (χ3n) is 3.22. The highest BCUT2D eigenvalue weighted by molar-refractivity contribution is 8.00. The fourth-order valence-electron chi connectivity index (χ4n) is 2.06. The second-order valence-electron chi connectivity index (χ2n) is 4.33. The molecule has 0 bridgehead atoms. The van der Waals surface area contributed by atoms with Crippen LogP contribution in [0.2, 0.25) is 0 Å². The maximum Gasteiger partial charge on any atom is 0.139 e. The quantitative estimate of drug-likeness (QED) is 0.863. The van der Waals surface area contributed by atoms with Crippen molar-refractivity contribution in [3.8, 4) is 0 Å². The molecule has 0 radical (unpaired) electrons. The van der Waals surface area contributed by atoms with E-state index in [0.29, 0.717) is 16.1 Å². The molecule has 3 atom stereocenters. The summed E-state index contributed by atoms with van der Waals surface area (Å²) in [5, 5.41) is 0.343. The zero-order chi connectivity index (χ0) is 11.7. The van der Waals surface area contributed by atoms with Crippen LogP contribution in [-0.4, -0.2) is 11.3 Å². The second-order valence-corrected chi connectivity index (χ2v) is 5.61. The van der Waals surface area contributed by atoms with E-state index in [2.05, 4.69) is 6.92 Å². The molecule has 3 unspecified atom stereocenters. The summed E-state index contributed by atoms with van der Waals surface area (Å²) < 4.78 is 26.2. The van der Waals surface area contributed by atoms with Gasteiger partial charge in [-0.25, -0.2) is 8.78 Å². The molecule has 1 aromatic rings. The Labute approximate surface area is 98.4 Å². The third kappa shape index (κ3) is 2.38. The summed E-state index contributed by atoms with van der Waals surface area (Å²) >= 11 is 1.48. The zero-order valence-electron chi connectivity index (χ0n) is 9.12. The molecule has 0 aromatic heterocycles. The first-order valence-corrected chi connectivity index (χ1v) is 6.33. The molecule has 0 heterocycles. The van der Waals surface area contributed by atoms with Crippen LogP contribution in [0.3, 0.4) is 0 Å². The monoisotopic (exact) mass is 243 g/mol. The van der Waals surface area contributed by atoms with E-state index in [0.717, 1.165) is 18.9 Å². The molecule has 0 amide bonds. The number of benzene rings is 1. The van der Waals surface area contributed by atoms with Gasteiger partial charge < -0.3 is 5.73 Å². The summed E-state index contributed by atoms with van der Waals surface area (Å²) in [5.41, 5.74) is 5.92. The van der Waals surface area contributed by atoms with Crippen molar-refractivity contribution < 1.29 is 8.78 Å². The average molecular weight is 243 g/mol. The van der Waals surface area contributed by atoms with Gasteiger partial charge in [0.25, 0.3) is 0 Å². The van der Waals surface area contributed by atoms with Crippen LogP contribution in [0, 0.1) is 17.6 Å². The molecule has 1 aromatic carbocycles. The molecule has 0 saturated heterocycles. The summed E-state index contributed by atoms with van der Waals surface area (Å²) in [6, 6.07) is 3.94. The predicted molar refractivity (Wildman–Crippen MR) is 62.4 cm³/mol. The summed E-state index contributed by atoms with van der Waals surface area (Å²) in [6.07, 6.45) is 1.99. The highest BCUT2D eigenvalue weighted by Crippen LogP contribution is 2.39. The Morgan fingerprint density at radius 3 is 2.62 bits per heavy atom. The van der Waals surface area contributed by atoms with Crippen LogP contribution in [-0.2, 0) is 0 Å². The van der Waals surface area contributed by atoms with Gasteiger partial charge in [0.2, 0.25) is 0 Å². The van der Waals surface area contributed by atoms with Crippen molar-refractivity contribution in [1.29, 1.82) is 0 Å². The first-order valence-electron chi connectivity index (χ1n) is 5.45. The number of halogens is 2. The van der Waals surface area contributed by atoms with E-state index in [1.165, 1.54) is 23.9 Å². The fraction of sp³-hybridized carbons (Fsp3) is 0.500. The summed E-state index contributed by atoms with van der Waals surface area (Å²) in [5.74, 6) is -0.620. The SMILES string of the molecule is CC1C(N)CCC1Sc1ccc(F)cc1F. The second kappa shape index (κ2) is 4.72. The van der Waals surface area contributed by atoms with Crippen molar-refractivity contribution in [1.82, 2.24) is 0 Å². The van der Waals surface area contributed by atoms with Gasteiger partial charge in [0.15, 0.2) is 0 Å². The molecule has 2 N–H and O–H groups in total. The van der Waals surface area contributed by atoms with Gasteiger partial charge in [-0.2, -0.15) is 0 Å². The standard InChI is InChI=1S/C12H15F2NS/c1-7-10(15)3-5-11(7)16-12-4-2-8(13)6-9(12)14/h2,4,6-7,10-11H,3,5,15H2,1H3. The van der Waals surface area contributed by atoms with Crippen molar-refractivity contribution >= 4 is 11.8 Å². The molecule has 0 spiro atoms. The average Bonchev–Trinajstić information content (AvgIpc) is 2.54. The van der Waals surface area contributed by atoms with Gasteiger partial charge in [0, 0.05) is 22.3 Å². The molecule has 1 fully saturated rings. The highest BCUT2D eigenvalue weighted by atomic mass is 32.2. The normalized spacial score (nSPS) is 29.6. The number of nitrogens with two attached hydrogens (primary N) is 1. The first-order chi connectivity index (χ1) is 7.58.